The Hall–Kier alpha value is -0.420. The van der Waals surface area contributed by atoms with Gasteiger partial charge in [-0.05, 0) is 18.2 Å². The molecule has 0 aliphatic rings. The van der Waals surface area contributed by atoms with Crippen molar-refractivity contribution in [1.29, 1.82) is 0 Å². The van der Waals surface area contributed by atoms with Crippen molar-refractivity contribution in [1.82, 2.24) is 0 Å². The predicted octanol–water partition coefficient (Wildman–Crippen LogP) is -0.185. The summed E-state index contributed by atoms with van der Waals surface area (Å²) in [5.41, 5.74) is 0. The summed E-state index contributed by atoms with van der Waals surface area (Å²) in [6.45, 7) is 6.96. The van der Waals surface area contributed by atoms with Crippen LogP contribution in [0.2, 0.25) is 0 Å². The van der Waals surface area contributed by atoms with Gasteiger partial charge in [0.05, 0.1) is 5.92 Å². The molecule has 0 aliphatic heterocycles. The topological polar surface area (TPSA) is 52.6 Å². The standard InChI is InChI=1S/C10H18O4S.ClH/c1-5-6-15-10(12)14-8(4)13-9(11)7(2)3;/h7-8H,5-6H2,1-4H3;1H/p-1. The second-order valence-corrected chi connectivity index (χ2v) is 4.41. The molecule has 4 nitrogen and oxygen atoms in total. The van der Waals surface area contributed by atoms with E-state index in [9.17, 15) is 9.59 Å². The number of rotatable bonds is 5. The third kappa shape index (κ3) is 8.85. The maximum atomic E-state index is 11.1. The average molecular weight is 270 g/mol. The molecule has 96 valence electrons. The number of thioether (sulfide) groups is 1. The Morgan fingerprint density at radius 1 is 1.19 bits per heavy atom. The van der Waals surface area contributed by atoms with Crippen LogP contribution in [0.25, 0.3) is 0 Å². The van der Waals surface area contributed by atoms with Gasteiger partial charge in [-0.2, -0.15) is 0 Å². The molecular formula is C10H18ClO4S-. The summed E-state index contributed by atoms with van der Waals surface area (Å²) in [7, 11) is 0. The van der Waals surface area contributed by atoms with Crippen molar-refractivity contribution >= 4 is 23.0 Å². The van der Waals surface area contributed by atoms with Crippen molar-refractivity contribution in [3.8, 4) is 0 Å². The fourth-order valence-electron chi connectivity index (χ4n) is 0.679. The highest BCUT2D eigenvalue weighted by molar-refractivity contribution is 8.13. The number of ether oxygens (including phenoxy) is 2. The molecule has 0 aromatic rings. The summed E-state index contributed by atoms with van der Waals surface area (Å²) in [6, 6.07) is 0. The predicted molar refractivity (Wildman–Crippen MR) is 59.6 cm³/mol. The maximum Gasteiger partial charge on any atom is 0.370 e. The van der Waals surface area contributed by atoms with Crippen LogP contribution < -0.4 is 12.4 Å². The minimum atomic E-state index is -0.809. The number of hydrogen-bond acceptors (Lipinski definition) is 5. The van der Waals surface area contributed by atoms with E-state index in [1.54, 1.807) is 13.8 Å². The highest BCUT2D eigenvalue weighted by atomic mass is 35.5. The third-order valence-corrected chi connectivity index (χ3v) is 2.38. The molecule has 0 saturated heterocycles. The van der Waals surface area contributed by atoms with Crippen LogP contribution in [0.4, 0.5) is 4.79 Å². The number of carbonyl (C=O) groups excluding carboxylic acids is 2. The first kappa shape index (κ1) is 18.0. The second-order valence-electron chi connectivity index (χ2n) is 3.38. The smallest absolute Gasteiger partial charge is 0.370 e. The molecule has 0 aliphatic carbocycles. The number of esters is 1. The maximum absolute atomic E-state index is 11.1. The van der Waals surface area contributed by atoms with Gasteiger partial charge >= 0.3 is 11.3 Å². The van der Waals surface area contributed by atoms with E-state index >= 15 is 0 Å². The van der Waals surface area contributed by atoms with E-state index in [4.69, 9.17) is 9.47 Å². The van der Waals surface area contributed by atoms with E-state index in [-0.39, 0.29) is 24.3 Å². The molecule has 1 atom stereocenters. The highest BCUT2D eigenvalue weighted by Crippen LogP contribution is 2.10. The summed E-state index contributed by atoms with van der Waals surface area (Å²) >= 11 is 1.09. The van der Waals surface area contributed by atoms with Crippen molar-refractivity contribution in [2.75, 3.05) is 5.75 Å². The molecule has 0 fully saturated rings. The molecule has 0 radical (unpaired) electrons. The SMILES string of the molecule is CCCSC(=O)OC(C)OC(=O)C(C)C.[Cl-]. The van der Waals surface area contributed by atoms with Crippen LogP contribution in [0, 0.1) is 5.92 Å². The Morgan fingerprint density at radius 3 is 2.19 bits per heavy atom. The Morgan fingerprint density at radius 2 is 1.75 bits per heavy atom. The first-order chi connectivity index (χ1) is 6.97. The zero-order valence-corrected chi connectivity index (χ0v) is 11.6. The van der Waals surface area contributed by atoms with E-state index in [1.807, 2.05) is 6.92 Å². The highest BCUT2D eigenvalue weighted by Gasteiger charge is 2.16. The number of hydrogen-bond donors (Lipinski definition) is 0. The van der Waals surface area contributed by atoms with Gasteiger partial charge in [0.1, 0.15) is 0 Å². The largest absolute Gasteiger partial charge is 1.00 e. The fraction of sp³-hybridized carbons (Fsp3) is 0.800. The lowest BCUT2D eigenvalue weighted by molar-refractivity contribution is -0.167. The van der Waals surface area contributed by atoms with Gasteiger partial charge in [0.25, 0.3) is 0 Å². The van der Waals surface area contributed by atoms with E-state index in [2.05, 4.69) is 0 Å². The molecule has 0 aromatic carbocycles. The van der Waals surface area contributed by atoms with Gasteiger partial charge in [-0.1, -0.05) is 20.8 Å². The second kappa shape index (κ2) is 9.78. The Labute approximate surface area is 107 Å². The molecule has 0 N–H and O–H groups in total. The van der Waals surface area contributed by atoms with Gasteiger partial charge in [-0.3, -0.25) is 4.79 Å². The molecule has 0 aromatic heterocycles. The summed E-state index contributed by atoms with van der Waals surface area (Å²) < 4.78 is 9.72. The summed E-state index contributed by atoms with van der Waals surface area (Å²) in [5.74, 6) is 0.134. The zero-order valence-electron chi connectivity index (χ0n) is 9.99. The molecular weight excluding hydrogens is 252 g/mol. The van der Waals surface area contributed by atoms with E-state index in [1.165, 1.54) is 6.92 Å². The summed E-state index contributed by atoms with van der Waals surface area (Å²) in [5, 5.41) is -0.402. The lowest BCUT2D eigenvalue weighted by Crippen LogP contribution is -3.00. The molecule has 0 amide bonds. The first-order valence-corrected chi connectivity index (χ1v) is 5.99. The van der Waals surface area contributed by atoms with Gasteiger partial charge in [0.2, 0.25) is 6.29 Å². The molecule has 1 unspecified atom stereocenters. The van der Waals surface area contributed by atoms with Crippen LogP contribution in [0.15, 0.2) is 0 Å². The number of carbonyl (C=O) groups is 2. The van der Waals surface area contributed by atoms with Crippen molar-refractivity contribution in [3.05, 3.63) is 0 Å². The molecule has 6 heteroatoms. The lowest BCUT2D eigenvalue weighted by Gasteiger charge is -2.14. The van der Waals surface area contributed by atoms with Crippen LogP contribution in [-0.4, -0.2) is 23.3 Å². The molecule has 0 saturated carbocycles. The normalized spacial score (nSPS) is 11.6. The molecule has 16 heavy (non-hydrogen) atoms. The lowest BCUT2D eigenvalue weighted by atomic mass is 10.2. The Balaban J connectivity index is 0. The minimum absolute atomic E-state index is 0. The van der Waals surface area contributed by atoms with E-state index in [0.29, 0.717) is 5.75 Å². The fourth-order valence-corrected chi connectivity index (χ4v) is 1.25. The number of halogens is 1. The van der Waals surface area contributed by atoms with Gasteiger partial charge < -0.3 is 21.9 Å². The van der Waals surface area contributed by atoms with E-state index in [0.717, 1.165) is 18.2 Å². The van der Waals surface area contributed by atoms with Crippen LogP contribution in [0.3, 0.4) is 0 Å². The monoisotopic (exact) mass is 269 g/mol. The van der Waals surface area contributed by atoms with Crippen molar-refractivity contribution in [3.63, 3.8) is 0 Å². The van der Waals surface area contributed by atoms with Crippen LogP contribution in [-0.2, 0) is 14.3 Å². The van der Waals surface area contributed by atoms with Gasteiger partial charge in [0.15, 0.2) is 0 Å². The molecule has 0 rings (SSSR count). The molecule has 0 spiro atoms. The third-order valence-electron chi connectivity index (χ3n) is 1.44. The van der Waals surface area contributed by atoms with Gasteiger partial charge in [-0.15, -0.1) is 0 Å². The minimum Gasteiger partial charge on any atom is -1.00 e. The van der Waals surface area contributed by atoms with Crippen molar-refractivity contribution < 1.29 is 31.5 Å². The van der Waals surface area contributed by atoms with E-state index < -0.39 is 11.6 Å². The van der Waals surface area contributed by atoms with Crippen molar-refractivity contribution in [2.24, 2.45) is 5.92 Å². The summed E-state index contributed by atoms with van der Waals surface area (Å²) in [4.78, 5) is 22.2. The quantitative estimate of drug-likeness (QED) is 0.512. The van der Waals surface area contributed by atoms with Crippen molar-refractivity contribution in [2.45, 2.75) is 40.4 Å². The van der Waals surface area contributed by atoms with Crippen LogP contribution >= 0.6 is 11.8 Å². The average Bonchev–Trinajstić information content (AvgIpc) is 2.14. The summed E-state index contributed by atoms with van der Waals surface area (Å²) in [6.07, 6.45) is 0.0941. The van der Waals surface area contributed by atoms with Crippen LogP contribution in [0.1, 0.15) is 34.1 Å². The first-order valence-electron chi connectivity index (χ1n) is 5.01. The van der Waals surface area contributed by atoms with Gasteiger partial charge in [-0.25, -0.2) is 4.79 Å². The molecule has 0 heterocycles. The van der Waals surface area contributed by atoms with Gasteiger partial charge in [0, 0.05) is 12.7 Å². The van der Waals surface area contributed by atoms with Crippen LogP contribution in [0.5, 0.6) is 0 Å². The zero-order chi connectivity index (χ0) is 11.8. The Kier molecular flexibility index (Phi) is 11.0. The molecule has 0 bridgehead atoms. The Bertz CT molecular complexity index is 221.